The van der Waals surface area contributed by atoms with E-state index < -0.39 is 5.97 Å². The van der Waals surface area contributed by atoms with Crippen LogP contribution in [-0.4, -0.2) is 28.4 Å². The maximum atomic E-state index is 10.8. The molecule has 0 amide bonds. The molecule has 168 valence electrons. The lowest BCUT2D eigenvalue weighted by atomic mass is 9.93. The SMILES string of the molecule is COc1c(C)c(-c2ccc(O)cc2)c(Oc2ccc(CCC(=O)O)cc2)c2ccc(O)cc12. The molecule has 6 nitrogen and oxygen atoms in total. The zero-order chi connectivity index (χ0) is 23.5. The first-order valence-electron chi connectivity index (χ1n) is 10.5. The Labute approximate surface area is 191 Å². The largest absolute Gasteiger partial charge is 0.508 e. The number of phenols is 2. The normalized spacial score (nSPS) is 10.8. The molecule has 4 aromatic carbocycles. The van der Waals surface area contributed by atoms with Crippen molar-refractivity contribution < 1.29 is 29.6 Å². The zero-order valence-electron chi connectivity index (χ0n) is 18.3. The van der Waals surface area contributed by atoms with Gasteiger partial charge in [-0.3, -0.25) is 4.79 Å². The third kappa shape index (κ3) is 4.55. The molecule has 6 heteroatoms. The van der Waals surface area contributed by atoms with Crippen LogP contribution in [0.2, 0.25) is 0 Å². The first-order valence-corrected chi connectivity index (χ1v) is 10.5. The Balaban J connectivity index is 1.87. The van der Waals surface area contributed by atoms with Gasteiger partial charge in [-0.15, -0.1) is 0 Å². The molecule has 0 aromatic heterocycles. The number of fused-ring (bicyclic) bond motifs is 1. The molecule has 0 aliphatic heterocycles. The van der Waals surface area contributed by atoms with Crippen molar-refractivity contribution in [1.82, 2.24) is 0 Å². The summed E-state index contributed by atoms with van der Waals surface area (Å²) in [5, 5.41) is 30.2. The average molecular weight is 444 g/mol. The zero-order valence-corrected chi connectivity index (χ0v) is 18.3. The topological polar surface area (TPSA) is 96.2 Å². The number of carboxylic acid groups (broad SMARTS) is 1. The summed E-state index contributed by atoms with van der Waals surface area (Å²) in [6, 6.07) is 19.2. The van der Waals surface area contributed by atoms with Gasteiger partial charge in [0, 0.05) is 28.3 Å². The number of aryl methyl sites for hydroxylation is 1. The highest BCUT2D eigenvalue weighted by Gasteiger charge is 2.21. The van der Waals surface area contributed by atoms with E-state index >= 15 is 0 Å². The van der Waals surface area contributed by atoms with Crippen LogP contribution in [0.3, 0.4) is 0 Å². The van der Waals surface area contributed by atoms with Gasteiger partial charge in [0.25, 0.3) is 0 Å². The van der Waals surface area contributed by atoms with Gasteiger partial charge in [0.05, 0.1) is 7.11 Å². The molecule has 33 heavy (non-hydrogen) atoms. The van der Waals surface area contributed by atoms with Crippen LogP contribution in [0.15, 0.2) is 66.7 Å². The van der Waals surface area contributed by atoms with E-state index in [9.17, 15) is 15.0 Å². The predicted molar refractivity (Wildman–Crippen MR) is 126 cm³/mol. The van der Waals surface area contributed by atoms with E-state index in [0.29, 0.717) is 29.1 Å². The van der Waals surface area contributed by atoms with Crippen molar-refractivity contribution in [1.29, 1.82) is 0 Å². The fraction of sp³-hybridized carbons (Fsp3) is 0.148. The Hall–Kier alpha value is -4.19. The van der Waals surface area contributed by atoms with E-state index in [1.54, 1.807) is 37.4 Å². The van der Waals surface area contributed by atoms with Crippen LogP contribution in [-0.2, 0) is 11.2 Å². The third-order valence-electron chi connectivity index (χ3n) is 5.57. The lowest BCUT2D eigenvalue weighted by Crippen LogP contribution is -1.99. The van der Waals surface area contributed by atoms with Crippen molar-refractivity contribution in [2.24, 2.45) is 0 Å². The van der Waals surface area contributed by atoms with E-state index in [1.165, 1.54) is 0 Å². The Bertz CT molecular complexity index is 1310. The minimum Gasteiger partial charge on any atom is -0.508 e. The maximum absolute atomic E-state index is 10.8. The summed E-state index contributed by atoms with van der Waals surface area (Å²) in [5.74, 6) is 1.25. The summed E-state index contributed by atoms with van der Waals surface area (Å²) in [4.78, 5) is 10.8. The highest BCUT2D eigenvalue weighted by Crippen LogP contribution is 2.48. The highest BCUT2D eigenvalue weighted by atomic mass is 16.5. The molecule has 0 bridgehead atoms. The number of hydrogen-bond acceptors (Lipinski definition) is 5. The standard InChI is InChI=1S/C27H24O6/c1-16-25(18-6-8-19(28)9-7-18)27(22-13-10-20(29)15-23(22)26(16)32-2)33-21-11-3-17(4-12-21)5-14-24(30)31/h3-4,6-13,15,28-29H,5,14H2,1-2H3,(H,30,31). The molecular formula is C27H24O6. The van der Waals surface area contributed by atoms with Crippen LogP contribution in [0, 0.1) is 6.92 Å². The number of phenolic OH excluding ortho intramolecular Hbond substituents is 2. The molecule has 0 saturated heterocycles. The second kappa shape index (κ2) is 9.12. The quantitative estimate of drug-likeness (QED) is 0.321. The van der Waals surface area contributed by atoms with Gasteiger partial charge >= 0.3 is 5.97 Å². The second-order valence-electron chi connectivity index (χ2n) is 7.78. The van der Waals surface area contributed by atoms with Crippen LogP contribution in [0.1, 0.15) is 17.5 Å². The Morgan fingerprint density at radius 3 is 2.15 bits per heavy atom. The van der Waals surface area contributed by atoms with Gasteiger partial charge in [-0.2, -0.15) is 0 Å². The number of carbonyl (C=O) groups is 1. The minimum atomic E-state index is -0.836. The molecule has 0 atom stereocenters. The molecule has 0 aliphatic carbocycles. The molecular weight excluding hydrogens is 420 g/mol. The number of benzene rings is 4. The van der Waals surface area contributed by atoms with E-state index in [1.807, 2.05) is 43.3 Å². The van der Waals surface area contributed by atoms with Gasteiger partial charge in [-0.05, 0) is 66.9 Å². The number of methoxy groups -OCH3 is 1. The van der Waals surface area contributed by atoms with Crippen molar-refractivity contribution in [3.05, 3.63) is 77.9 Å². The number of rotatable bonds is 7. The molecule has 0 heterocycles. The molecule has 0 unspecified atom stereocenters. The van der Waals surface area contributed by atoms with Gasteiger partial charge in [0.15, 0.2) is 0 Å². The average Bonchev–Trinajstić information content (AvgIpc) is 2.79. The van der Waals surface area contributed by atoms with Gasteiger partial charge in [0.2, 0.25) is 0 Å². The molecule has 3 N–H and O–H groups in total. The molecule has 4 aromatic rings. The Morgan fingerprint density at radius 1 is 0.848 bits per heavy atom. The smallest absolute Gasteiger partial charge is 0.303 e. The summed E-state index contributed by atoms with van der Waals surface area (Å²) < 4.78 is 12.1. The Morgan fingerprint density at radius 2 is 1.52 bits per heavy atom. The van der Waals surface area contributed by atoms with Crippen LogP contribution in [0.4, 0.5) is 0 Å². The van der Waals surface area contributed by atoms with Crippen molar-refractivity contribution in [3.63, 3.8) is 0 Å². The fourth-order valence-electron chi connectivity index (χ4n) is 3.98. The fourth-order valence-corrected chi connectivity index (χ4v) is 3.98. The van der Waals surface area contributed by atoms with Gasteiger partial charge in [0.1, 0.15) is 28.7 Å². The first-order chi connectivity index (χ1) is 15.9. The summed E-state index contributed by atoms with van der Waals surface area (Å²) in [5.41, 5.74) is 3.38. The van der Waals surface area contributed by atoms with Crippen LogP contribution >= 0.6 is 0 Å². The number of carboxylic acids is 1. The van der Waals surface area contributed by atoms with E-state index in [0.717, 1.165) is 27.6 Å². The minimum absolute atomic E-state index is 0.0665. The summed E-state index contributed by atoms with van der Waals surface area (Å²) in [6.45, 7) is 1.92. The monoisotopic (exact) mass is 444 g/mol. The predicted octanol–water partition coefficient (Wildman–Crippen LogP) is 6.04. The van der Waals surface area contributed by atoms with Crippen LogP contribution in [0.5, 0.6) is 28.7 Å². The van der Waals surface area contributed by atoms with Crippen molar-refractivity contribution in [2.75, 3.05) is 7.11 Å². The van der Waals surface area contributed by atoms with E-state index in [2.05, 4.69) is 0 Å². The first kappa shape index (κ1) is 22.0. The van der Waals surface area contributed by atoms with Crippen LogP contribution in [0.25, 0.3) is 21.9 Å². The molecule has 0 fully saturated rings. The summed E-state index contributed by atoms with van der Waals surface area (Å²) >= 11 is 0. The molecule has 0 aliphatic rings. The molecule has 0 saturated carbocycles. The highest BCUT2D eigenvalue weighted by molar-refractivity contribution is 6.02. The number of hydrogen-bond donors (Lipinski definition) is 3. The van der Waals surface area contributed by atoms with Crippen molar-refractivity contribution in [2.45, 2.75) is 19.8 Å². The summed E-state index contributed by atoms with van der Waals surface area (Å²) in [7, 11) is 1.59. The van der Waals surface area contributed by atoms with Gasteiger partial charge < -0.3 is 24.8 Å². The van der Waals surface area contributed by atoms with E-state index in [-0.39, 0.29) is 17.9 Å². The molecule has 4 rings (SSSR count). The van der Waals surface area contributed by atoms with Gasteiger partial charge in [-0.1, -0.05) is 24.3 Å². The number of aromatic hydroxyl groups is 2. The lowest BCUT2D eigenvalue weighted by Gasteiger charge is -2.20. The number of aliphatic carboxylic acids is 1. The van der Waals surface area contributed by atoms with E-state index in [4.69, 9.17) is 14.6 Å². The van der Waals surface area contributed by atoms with Crippen molar-refractivity contribution in [3.8, 4) is 39.9 Å². The summed E-state index contributed by atoms with van der Waals surface area (Å²) in [6.07, 6.45) is 0.509. The molecule has 0 spiro atoms. The Kier molecular flexibility index (Phi) is 6.09. The van der Waals surface area contributed by atoms with Gasteiger partial charge in [-0.25, -0.2) is 0 Å². The molecule has 0 radical (unpaired) electrons. The number of ether oxygens (including phenoxy) is 2. The lowest BCUT2D eigenvalue weighted by molar-refractivity contribution is -0.136. The third-order valence-corrected chi connectivity index (χ3v) is 5.57. The second-order valence-corrected chi connectivity index (χ2v) is 7.78. The van der Waals surface area contributed by atoms with Crippen LogP contribution < -0.4 is 9.47 Å². The van der Waals surface area contributed by atoms with Crippen molar-refractivity contribution >= 4 is 16.7 Å². The maximum Gasteiger partial charge on any atom is 0.303 e.